The fourth-order valence-electron chi connectivity index (χ4n) is 0.794. The molecule has 2 nitrogen and oxygen atoms in total. The van der Waals surface area contributed by atoms with E-state index in [1.54, 1.807) is 0 Å². The van der Waals surface area contributed by atoms with Gasteiger partial charge in [-0.1, -0.05) is 0 Å². The second-order valence-corrected chi connectivity index (χ2v) is 2.54. The normalized spacial score (nSPS) is 9.17. The Bertz CT molecular complexity index is 346. The summed E-state index contributed by atoms with van der Waals surface area (Å²) in [6.45, 7) is 0. The van der Waals surface area contributed by atoms with E-state index in [0.29, 0.717) is 0 Å². The van der Waals surface area contributed by atoms with Crippen LogP contribution >= 0.6 is 12.6 Å². The second-order valence-electron chi connectivity index (χ2n) is 2.09. The molecule has 0 bridgehead atoms. The molecule has 1 aromatic carbocycles. The molecule has 0 saturated heterocycles. The van der Waals surface area contributed by atoms with Gasteiger partial charge in [0.05, 0.1) is 17.6 Å². The van der Waals surface area contributed by atoms with Crippen LogP contribution in [0, 0.1) is 17.1 Å². The highest BCUT2D eigenvalue weighted by Gasteiger charge is 2.09. The summed E-state index contributed by atoms with van der Waals surface area (Å²) >= 11 is 3.84. The molecule has 0 spiro atoms. The smallest absolute Gasteiger partial charge is 0.179 e. The summed E-state index contributed by atoms with van der Waals surface area (Å²) in [4.78, 5) is 0.0249. The first-order valence-electron chi connectivity index (χ1n) is 3.16. The van der Waals surface area contributed by atoms with E-state index in [1.165, 1.54) is 19.2 Å². The van der Waals surface area contributed by atoms with Crippen molar-refractivity contribution in [3.8, 4) is 11.8 Å². The van der Waals surface area contributed by atoms with Crippen LogP contribution in [0.5, 0.6) is 5.75 Å². The number of methoxy groups -OCH3 is 1. The van der Waals surface area contributed by atoms with Crippen LogP contribution in [-0.2, 0) is 0 Å². The molecule has 0 amide bonds. The van der Waals surface area contributed by atoms with Crippen LogP contribution in [0.15, 0.2) is 17.0 Å². The predicted molar refractivity (Wildman–Crippen MR) is 44.9 cm³/mol. The van der Waals surface area contributed by atoms with E-state index in [1.807, 2.05) is 6.07 Å². The summed E-state index contributed by atoms with van der Waals surface area (Å²) in [5, 5.41) is 8.50. The maximum absolute atomic E-state index is 13.1. The monoisotopic (exact) mass is 183 g/mol. The van der Waals surface area contributed by atoms with E-state index in [2.05, 4.69) is 12.6 Å². The van der Waals surface area contributed by atoms with Crippen LogP contribution in [0.1, 0.15) is 5.56 Å². The average molecular weight is 183 g/mol. The lowest BCUT2D eigenvalue weighted by atomic mass is 10.2. The zero-order valence-corrected chi connectivity index (χ0v) is 7.23. The number of thiol groups is 1. The number of hydrogen-bond donors (Lipinski definition) is 1. The summed E-state index contributed by atoms with van der Waals surface area (Å²) in [6, 6.07) is 4.67. The van der Waals surface area contributed by atoms with Crippen molar-refractivity contribution in [1.82, 2.24) is 0 Å². The molecule has 0 aliphatic heterocycles. The molecular formula is C8H6FNOS. The molecule has 0 aliphatic carbocycles. The Labute approximate surface area is 75.0 Å². The van der Waals surface area contributed by atoms with Gasteiger partial charge in [-0.05, 0) is 12.1 Å². The fraction of sp³-hybridized carbons (Fsp3) is 0.125. The largest absolute Gasteiger partial charge is 0.494 e. The van der Waals surface area contributed by atoms with E-state index in [9.17, 15) is 4.39 Å². The number of nitriles is 1. The van der Waals surface area contributed by atoms with Gasteiger partial charge in [-0.15, -0.1) is 12.6 Å². The molecule has 0 fully saturated rings. The molecule has 12 heavy (non-hydrogen) atoms. The molecule has 1 rings (SSSR count). The number of ether oxygens (including phenoxy) is 1. The average Bonchev–Trinajstić information content (AvgIpc) is 2.10. The Kier molecular flexibility index (Phi) is 2.56. The first-order valence-corrected chi connectivity index (χ1v) is 3.61. The molecule has 62 valence electrons. The first-order chi connectivity index (χ1) is 5.70. The van der Waals surface area contributed by atoms with Crippen LogP contribution in [0.4, 0.5) is 4.39 Å². The quantitative estimate of drug-likeness (QED) is 0.675. The molecule has 0 unspecified atom stereocenters. The van der Waals surface area contributed by atoms with Crippen LogP contribution in [0.2, 0.25) is 0 Å². The molecule has 0 N–H and O–H groups in total. The minimum atomic E-state index is -0.597. The Morgan fingerprint density at radius 3 is 2.75 bits per heavy atom. The van der Waals surface area contributed by atoms with Gasteiger partial charge in [-0.25, -0.2) is 4.39 Å². The molecule has 0 saturated carbocycles. The maximum atomic E-state index is 13.1. The van der Waals surface area contributed by atoms with E-state index < -0.39 is 5.82 Å². The molecule has 4 heteroatoms. The highest BCUT2D eigenvalue weighted by Crippen LogP contribution is 2.25. The topological polar surface area (TPSA) is 33.0 Å². The van der Waals surface area contributed by atoms with Gasteiger partial charge in [0.1, 0.15) is 6.07 Å². The van der Waals surface area contributed by atoms with Crippen molar-refractivity contribution in [1.29, 1.82) is 5.26 Å². The van der Waals surface area contributed by atoms with E-state index in [0.717, 1.165) is 0 Å². The Hall–Kier alpha value is -1.21. The zero-order chi connectivity index (χ0) is 9.14. The summed E-state index contributed by atoms with van der Waals surface area (Å²) in [5.41, 5.74) is 0.205. The number of rotatable bonds is 1. The van der Waals surface area contributed by atoms with Gasteiger partial charge in [-0.2, -0.15) is 5.26 Å². The van der Waals surface area contributed by atoms with Crippen molar-refractivity contribution in [3.63, 3.8) is 0 Å². The minimum absolute atomic E-state index is 0.0249. The standard InChI is InChI=1S/C8H6FNOS/c1-11-6-3-2-5(4-10)8(12)7(6)9/h2-3,12H,1H3. The summed E-state index contributed by atoms with van der Waals surface area (Å²) in [7, 11) is 1.36. The van der Waals surface area contributed by atoms with Crippen LogP contribution < -0.4 is 4.74 Å². The van der Waals surface area contributed by atoms with Gasteiger partial charge in [-0.3, -0.25) is 0 Å². The number of hydrogen-bond acceptors (Lipinski definition) is 3. The highest BCUT2D eigenvalue weighted by molar-refractivity contribution is 7.80. The van der Waals surface area contributed by atoms with Crippen LogP contribution in [0.25, 0.3) is 0 Å². The fourth-order valence-corrected chi connectivity index (χ4v) is 1.03. The highest BCUT2D eigenvalue weighted by atomic mass is 32.1. The number of nitrogens with zero attached hydrogens (tertiary/aromatic N) is 1. The molecular weight excluding hydrogens is 177 g/mol. The van der Waals surface area contributed by atoms with Gasteiger partial charge in [0, 0.05) is 0 Å². The van der Waals surface area contributed by atoms with Gasteiger partial charge in [0.2, 0.25) is 0 Å². The van der Waals surface area contributed by atoms with Crippen molar-refractivity contribution in [2.75, 3.05) is 7.11 Å². The molecule has 0 atom stereocenters. The molecule has 0 radical (unpaired) electrons. The lowest BCUT2D eigenvalue weighted by Crippen LogP contribution is -1.91. The van der Waals surface area contributed by atoms with Gasteiger partial charge >= 0.3 is 0 Å². The molecule has 0 aromatic heterocycles. The van der Waals surface area contributed by atoms with Crippen molar-refractivity contribution in [2.24, 2.45) is 0 Å². The Morgan fingerprint density at radius 2 is 2.25 bits per heavy atom. The molecule has 0 aliphatic rings. The third-order valence-corrected chi connectivity index (χ3v) is 1.86. The van der Waals surface area contributed by atoms with Crippen molar-refractivity contribution < 1.29 is 9.13 Å². The third kappa shape index (κ3) is 1.36. The van der Waals surface area contributed by atoms with Crippen molar-refractivity contribution >= 4 is 12.6 Å². The lowest BCUT2D eigenvalue weighted by Gasteiger charge is -2.03. The van der Waals surface area contributed by atoms with Gasteiger partial charge in [0.25, 0.3) is 0 Å². The SMILES string of the molecule is COc1ccc(C#N)c(S)c1F. The number of halogens is 1. The van der Waals surface area contributed by atoms with Gasteiger partial charge < -0.3 is 4.74 Å². The van der Waals surface area contributed by atoms with E-state index in [-0.39, 0.29) is 16.2 Å². The summed E-state index contributed by atoms with van der Waals surface area (Å²) < 4.78 is 17.8. The van der Waals surface area contributed by atoms with Gasteiger partial charge in [0.15, 0.2) is 11.6 Å². The first kappa shape index (κ1) is 8.88. The summed E-state index contributed by atoms with van der Waals surface area (Å²) in [5.74, 6) is -0.501. The third-order valence-electron chi connectivity index (χ3n) is 1.42. The van der Waals surface area contributed by atoms with E-state index in [4.69, 9.17) is 10.00 Å². The lowest BCUT2D eigenvalue weighted by molar-refractivity contribution is 0.381. The molecule has 0 heterocycles. The van der Waals surface area contributed by atoms with Crippen LogP contribution in [0.3, 0.4) is 0 Å². The molecule has 1 aromatic rings. The van der Waals surface area contributed by atoms with E-state index >= 15 is 0 Å². The zero-order valence-electron chi connectivity index (χ0n) is 6.34. The minimum Gasteiger partial charge on any atom is -0.494 e. The maximum Gasteiger partial charge on any atom is 0.179 e. The Balaban J connectivity index is 3.32. The van der Waals surface area contributed by atoms with Crippen molar-refractivity contribution in [3.05, 3.63) is 23.5 Å². The summed E-state index contributed by atoms with van der Waals surface area (Å²) in [6.07, 6.45) is 0. The van der Waals surface area contributed by atoms with Crippen molar-refractivity contribution in [2.45, 2.75) is 4.90 Å². The second kappa shape index (κ2) is 3.46. The Morgan fingerprint density at radius 1 is 1.58 bits per heavy atom. The van der Waals surface area contributed by atoms with Crippen LogP contribution in [-0.4, -0.2) is 7.11 Å². The number of benzene rings is 1. The predicted octanol–water partition coefficient (Wildman–Crippen LogP) is 1.99.